The summed E-state index contributed by atoms with van der Waals surface area (Å²) in [6.45, 7) is 0. The predicted molar refractivity (Wildman–Crippen MR) is 84.1 cm³/mol. The first kappa shape index (κ1) is 13.3. The quantitative estimate of drug-likeness (QED) is 0.650. The summed E-state index contributed by atoms with van der Waals surface area (Å²) in [5, 5.41) is 5.11. The fourth-order valence-corrected chi connectivity index (χ4v) is 3.25. The molecule has 0 bridgehead atoms. The minimum atomic E-state index is -0.157. The van der Waals surface area contributed by atoms with Crippen LogP contribution in [0.3, 0.4) is 0 Å². The number of benzene rings is 1. The third kappa shape index (κ3) is 3.43. The Kier molecular flexibility index (Phi) is 4.46. The largest absolute Gasteiger partial charge is 0.321 e. The van der Waals surface area contributed by atoms with Gasteiger partial charge >= 0.3 is 0 Å². The SMILES string of the molecule is O=C(Nc1ccc(I)cc1Cl)c1csc(Br)c1. The van der Waals surface area contributed by atoms with Gasteiger partial charge in [-0.1, -0.05) is 11.6 Å². The number of amides is 1. The molecule has 2 rings (SSSR count). The van der Waals surface area contributed by atoms with E-state index < -0.39 is 0 Å². The minimum Gasteiger partial charge on any atom is -0.321 e. The zero-order valence-corrected chi connectivity index (χ0v) is 13.7. The zero-order chi connectivity index (χ0) is 12.4. The first-order valence-corrected chi connectivity index (χ1v) is 7.69. The summed E-state index contributed by atoms with van der Waals surface area (Å²) < 4.78 is 1.96. The molecule has 6 heteroatoms. The summed E-state index contributed by atoms with van der Waals surface area (Å²) in [6, 6.07) is 7.27. The van der Waals surface area contributed by atoms with Crippen molar-refractivity contribution >= 4 is 73.1 Å². The molecule has 0 fully saturated rings. The summed E-state index contributed by atoms with van der Waals surface area (Å²) in [7, 11) is 0. The van der Waals surface area contributed by atoms with Crippen molar-refractivity contribution in [2.45, 2.75) is 0 Å². The zero-order valence-electron chi connectivity index (χ0n) is 8.34. The summed E-state index contributed by atoms with van der Waals surface area (Å²) in [5.74, 6) is -0.157. The molecule has 0 spiro atoms. The molecule has 0 unspecified atom stereocenters. The molecule has 2 aromatic rings. The Bertz CT molecular complexity index is 572. The van der Waals surface area contributed by atoms with E-state index in [4.69, 9.17) is 11.6 Å². The molecule has 1 aromatic heterocycles. The van der Waals surface area contributed by atoms with Crippen LogP contribution in [0.2, 0.25) is 5.02 Å². The maximum absolute atomic E-state index is 11.9. The molecular weight excluding hydrogens is 436 g/mol. The molecule has 0 atom stereocenters. The Labute approximate surface area is 130 Å². The third-order valence-electron chi connectivity index (χ3n) is 2.01. The summed E-state index contributed by atoms with van der Waals surface area (Å²) in [5.41, 5.74) is 1.25. The van der Waals surface area contributed by atoms with E-state index >= 15 is 0 Å². The third-order valence-corrected chi connectivity index (χ3v) is 4.50. The van der Waals surface area contributed by atoms with Crippen molar-refractivity contribution in [1.29, 1.82) is 0 Å². The van der Waals surface area contributed by atoms with Crippen molar-refractivity contribution < 1.29 is 4.79 Å². The van der Waals surface area contributed by atoms with Gasteiger partial charge < -0.3 is 5.32 Å². The average Bonchev–Trinajstić information content (AvgIpc) is 2.69. The highest BCUT2D eigenvalue weighted by molar-refractivity contribution is 14.1. The van der Waals surface area contributed by atoms with Crippen LogP contribution in [-0.2, 0) is 0 Å². The number of carbonyl (C=O) groups excluding carboxylic acids is 1. The van der Waals surface area contributed by atoms with Crippen LogP contribution in [0.1, 0.15) is 10.4 Å². The van der Waals surface area contributed by atoms with Gasteiger partial charge in [-0.25, -0.2) is 0 Å². The van der Waals surface area contributed by atoms with Gasteiger partial charge in [0.2, 0.25) is 0 Å². The molecular formula is C11H6BrClINOS. The van der Waals surface area contributed by atoms with Crippen molar-refractivity contribution in [3.05, 3.63) is 47.6 Å². The molecule has 1 aromatic carbocycles. The smallest absolute Gasteiger partial charge is 0.256 e. The number of rotatable bonds is 2. The van der Waals surface area contributed by atoms with Crippen LogP contribution in [0.15, 0.2) is 33.4 Å². The van der Waals surface area contributed by atoms with Crippen LogP contribution >= 0.6 is 61.5 Å². The Morgan fingerprint density at radius 3 is 2.76 bits per heavy atom. The number of anilines is 1. The molecule has 2 nitrogen and oxygen atoms in total. The first-order valence-electron chi connectivity index (χ1n) is 4.56. The molecule has 0 radical (unpaired) electrons. The molecule has 0 saturated carbocycles. The molecule has 0 saturated heterocycles. The van der Waals surface area contributed by atoms with Crippen LogP contribution in [0.25, 0.3) is 0 Å². The molecule has 1 heterocycles. The molecule has 1 amide bonds. The van der Waals surface area contributed by atoms with Gasteiger partial charge in [0.15, 0.2) is 0 Å². The topological polar surface area (TPSA) is 29.1 Å². The lowest BCUT2D eigenvalue weighted by Gasteiger charge is -2.06. The highest BCUT2D eigenvalue weighted by atomic mass is 127. The van der Waals surface area contributed by atoms with Gasteiger partial charge in [0.05, 0.1) is 20.1 Å². The van der Waals surface area contributed by atoms with Crippen molar-refractivity contribution in [2.75, 3.05) is 5.32 Å². The van der Waals surface area contributed by atoms with E-state index in [9.17, 15) is 4.79 Å². The van der Waals surface area contributed by atoms with Crippen molar-refractivity contribution in [1.82, 2.24) is 0 Å². The van der Waals surface area contributed by atoms with Crippen molar-refractivity contribution in [3.8, 4) is 0 Å². The molecule has 1 N–H and O–H groups in total. The predicted octanol–water partition coefficient (Wildman–Crippen LogP) is 5.02. The van der Waals surface area contributed by atoms with Crippen molar-refractivity contribution in [3.63, 3.8) is 0 Å². The van der Waals surface area contributed by atoms with Crippen molar-refractivity contribution in [2.24, 2.45) is 0 Å². The van der Waals surface area contributed by atoms with Crippen LogP contribution in [0.4, 0.5) is 5.69 Å². The fourth-order valence-electron chi connectivity index (χ4n) is 1.21. The van der Waals surface area contributed by atoms with Gasteiger partial charge in [0, 0.05) is 8.95 Å². The maximum Gasteiger partial charge on any atom is 0.256 e. The van der Waals surface area contributed by atoms with Gasteiger partial charge in [-0.15, -0.1) is 11.3 Å². The Balaban J connectivity index is 2.18. The Morgan fingerprint density at radius 2 is 2.18 bits per heavy atom. The standard InChI is InChI=1S/C11H6BrClINOS/c12-10-3-6(5-17-10)11(16)15-9-2-1-7(14)4-8(9)13/h1-5H,(H,15,16). The lowest BCUT2D eigenvalue weighted by atomic mass is 10.3. The normalized spacial score (nSPS) is 10.3. The van der Waals surface area contributed by atoms with Gasteiger partial charge in [0.25, 0.3) is 5.91 Å². The monoisotopic (exact) mass is 441 g/mol. The molecule has 0 aliphatic heterocycles. The number of nitrogens with one attached hydrogen (secondary N) is 1. The van der Waals surface area contributed by atoms with Gasteiger partial charge in [-0.05, 0) is 62.8 Å². The molecule has 88 valence electrons. The fraction of sp³-hybridized carbons (Fsp3) is 0. The van der Waals surface area contributed by atoms with E-state index in [0.717, 1.165) is 7.36 Å². The van der Waals surface area contributed by atoms with E-state index in [-0.39, 0.29) is 5.91 Å². The number of carbonyl (C=O) groups is 1. The average molecular weight is 443 g/mol. The number of halogens is 3. The Hall–Kier alpha value is -0.110. The van der Waals surface area contributed by atoms with Gasteiger partial charge in [0.1, 0.15) is 0 Å². The summed E-state index contributed by atoms with van der Waals surface area (Å²) in [6.07, 6.45) is 0. The number of thiophene rings is 1. The van der Waals surface area contributed by atoms with E-state index in [1.54, 1.807) is 23.6 Å². The van der Waals surface area contributed by atoms with Crippen LogP contribution in [0, 0.1) is 3.57 Å². The second kappa shape index (κ2) is 5.69. The summed E-state index contributed by atoms with van der Waals surface area (Å²) in [4.78, 5) is 11.9. The number of hydrogen-bond donors (Lipinski definition) is 1. The second-order valence-electron chi connectivity index (χ2n) is 3.22. The molecule has 0 aliphatic rings. The van der Waals surface area contributed by atoms with Gasteiger partial charge in [-0.2, -0.15) is 0 Å². The molecule has 17 heavy (non-hydrogen) atoms. The second-order valence-corrected chi connectivity index (χ2v) is 7.16. The first-order chi connectivity index (χ1) is 8.06. The minimum absolute atomic E-state index is 0.157. The lowest BCUT2D eigenvalue weighted by molar-refractivity contribution is 0.102. The molecule has 0 aliphatic carbocycles. The van der Waals surface area contributed by atoms with Crippen LogP contribution in [-0.4, -0.2) is 5.91 Å². The maximum atomic E-state index is 11.9. The summed E-state index contributed by atoms with van der Waals surface area (Å²) >= 11 is 13.0. The highest BCUT2D eigenvalue weighted by Gasteiger charge is 2.10. The van der Waals surface area contributed by atoms with Crippen LogP contribution in [0.5, 0.6) is 0 Å². The van der Waals surface area contributed by atoms with E-state index in [2.05, 4.69) is 43.8 Å². The number of hydrogen-bond acceptors (Lipinski definition) is 2. The van der Waals surface area contributed by atoms with E-state index in [0.29, 0.717) is 16.3 Å². The van der Waals surface area contributed by atoms with Gasteiger partial charge in [-0.3, -0.25) is 4.79 Å². The van der Waals surface area contributed by atoms with E-state index in [1.807, 2.05) is 6.07 Å². The lowest BCUT2D eigenvalue weighted by Crippen LogP contribution is -2.11. The highest BCUT2D eigenvalue weighted by Crippen LogP contribution is 2.26. The Morgan fingerprint density at radius 1 is 1.41 bits per heavy atom. The van der Waals surface area contributed by atoms with E-state index in [1.165, 1.54) is 11.3 Å². The van der Waals surface area contributed by atoms with Crippen LogP contribution < -0.4 is 5.32 Å².